The van der Waals surface area contributed by atoms with Gasteiger partial charge in [-0.1, -0.05) is 6.07 Å². The standard InChI is InChI=1S/C11H17N3O2/c1-15-6-5-13-10(12)7-9-3-4-11(16-2)14-8-9/h3-4,8H,5-7H2,1-2H3,(H2,12,13). The Bertz CT molecular complexity index is 336. The van der Waals surface area contributed by atoms with Crippen LogP contribution in [-0.2, 0) is 11.2 Å². The summed E-state index contributed by atoms with van der Waals surface area (Å²) in [6, 6.07) is 3.72. The number of aliphatic imine (C=N–C) groups is 1. The maximum atomic E-state index is 5.75. The minimum Gasteiger partial charge on any atom is -0.481 e. The SMILES string of the molecule is COCCN=C(N)Cc1ccc(OC)nc1. The van der Waals surface area contributed by atoms with Crippen molar-refractivity contribution in [1.82, 2.24) is 4.98 Å². The lowest BCUT2D eigenvalue weighted by atomic mass is 10.2. The Hall–Kier alpha value is -1.62. The number of pyridine rings is 1. The first-order valence-corrected chi connectivity index (χ1v) is 5.03. The van der Waals surface area contributed by atoms with Gasteiger partial charge in [0.05, 0.1) is 26.1 Å². The molecule has 0 bridgehead atoms. The summed E-state index contributed by atoms with van der Waals surface area (Å²) >= 11 is 0. The lowest BCUT2D eigenvalue weighted by Crippen LogP contribution is -2.16. The smallest absolute Gasteiger partial charge is 0.212 e. The van der Waals surface area contributed by atoms with Crippen molar-refractivity contribution in [2.45, 2.75) is 6.42 Å². The number of ether oxygens (including phenoxy) is 2. The molecule has 88 valence electrons. The van der Waals surface area contributed by atoms with Crippen LogP contribution < -0.4 is 10.5 Å². The van der Waals surface area contributed by atoms with Crippen LogP contribution >= 0.6 is 0 Å². The van der Waals surface area contributed by atoms with Crippen molar-refractivity contribution < 1.29 is 9.47 Å². The molecule has 5 heteroatoms. The van der Waals surface area contributed by atoms with E-state index in [1.807, 2.05) is 6.07 Å². The van der Waals surface area contributed by atoms with Gasteiger partial charge in [0, 0.05) is 25.8 Å². The van der Waals surface area contributed by atoms with Crippen molar-refractivity contribution in [3.63, 3.8) is 0 Å². The molecule has 5 nitrogen and oxygen atoms in total. The van der Waals surface area contributed by atoms with E-state index < -0.39 is 0 Å². The summed E-state index contributed by atoms with van der Waals surface area (Å²) in [6.07, 6.45) is 2.33. The van der Waals surface area contributed by atoms with Crippen LogP contribution in [0.1, 0.15) is 5.56 Å². The molecular formula is C11H17N3O2. The third-order valence-corrected chi connectivity index (χ3v) is 2.00. The number of hydrogen-bond acceptors (Lipinski definition) is 4. The molecule has 0 aromatic carbocycles. The molecule has 0 aliphatic rings. The maximum Gasteiger partial charge on any atom is 0.212 e. The molecule has 0 unspecified atom stereocenters. The number of nitrogens with two attached hydrogens (primary N) is 1. The highest BCUT2D eigenvalue weighted by Gasteiger charge is 1.98. The number of methoxy groups -OCH3 is 2. The Morgan fingerprint density at radius 3 is 2.81 bits per heavy atom. The van der Waals surface area contributed by atoms with Crippen molar-refractivity contribution >= 4 is 5.84 Å². The zero-order valence-electron chi connectivity index (χ0n) is 9.64. The minimum absolute atomic E-state index is 0.585. The number of aromatic nitrogens is 1. The molecule has 1 aromatic rings. The number of amidine groups is 1. The summed E-state index contributed by atoms with van der Waals surface area (Å²) in [4.78, 5) is 8.25. The fourth-order valence-corrected chi connectivity index (χ4v) is 1.18. The van der Waals surface area contributed by atoms with E-state index in [0.717, 1.165) is 5.56 Å². The quantitative estimate of drug-likeness (QED) is 0.436. The zero-order valence-corrected chi connectivity index (χ0v) is 9.64. The van der Waals surface area contributed by atoms with Crippen LogP contribution in [0.15, 0.2) is 23.3 Å². The largest absolute Gasteiger partial charge is 0.481 e. The molecule has 2 N–H and O–H groups in total. The summed E-state index contributed by atoms with van der Waals surface area (Å²) in [5.74, 6) is 1.18. The average Bonchev–Trinajstić information content (AvgIpc) is 2.30. The van der Waals surface area contributed by atoms with Crippen molar-refractivity contribution in [2.24, 2.45) is 10.7 Å². The Morgan fingerprint density at radius 1 is 1.44 bits per heavy atom. The van der Waals surface area contributed by atoms with Gasteiger partial charge in [0.2, 0.25) is 5.88 Å². The van der Waals surface area contributed by atoms with Crippen LogP contribution in [0.5, 0.6) is 5.88 Å². The van der Waals surface area contributed by atoms with E-state index in [0.29, 0.717) is 31.3 Å². The molecule has 0 saturated heterocycles. The number of nitrogens with zero attached hydrogens (tertiary/aromatic N) is 2. The van der Waals surface area contributed by atoms with Gasteiger partial charge in [0.15, 0.2) is 0 Å². The molecule has 0 amide bonds. The number of hydrogen-bond donors (Lipinski definition) is 1. The van der Waals surface area contributed by atoms with Crippen LogP contribution in [0.2, 0.25) is 0 Å². The summed E-state index contributed by atoms with van der Waals surface area (Å²) in [7, 11) is 3.22. The van der Waals surface area contributed by atoms with E-state index in [-0.39, 0.29) is 0 Å². The topological polar surface area (TPSA) is 69.7 Å². The molecule has 0 radical (unpaired) electrons. The summed E-state index contributed by atoms with van der Waals surface area (Å²) in [6.45, 7) is 1.17. The lowest BCUT2D eigenvalue weighted by molar-refractivity contribution is 0.208. The predicted octanol–water partition coefficient (Wildman–Crippen LogP) is 0.636. The lowest BCUT2D eigenvalue weighted by Gasteiger charge is -2.02. The average molecular weight is 223 g/mol. The summed E-state index contributed by atoms with van der Waals surface area (Å²) < 4.78 is 9.85. The van der Waals surface area contributed by atoms with Crippen LogP contribution in [-0.4, -0.2) is 38.2 Å². The van der Waals surface area contributed by atoms with Gasteiger partial charge in [-0.2, -0.15) is 0 Å². The molecule has 0 spiro atoms. The van der Waals surface area contributed by atoms with Gasteiger partial charge in [-0.15, -0.1) is 0 Å². The van der Waals surface area contributed by atoms with Crippen molar-refractivity contribution in [3.8, 4) is 5.88 Å². The molecule has 1 aromatic heterocycles. The van der Waals surface area contributed by atoms with Crippen molar-refractivity contribution in [3.05, 3.63) is 23.9 Å². The molecule has 16 heavy (non-hydrogen) atoms. The second-order valence-electron chi connectivity index (χ2n) is 3.25. The summed E-state index contributed by atoms with van der Waals surface area (Å²) in [5, 5.41) is 0. The Kier molecular flexibility index (Phi) is 5.28. The number of rotatable bonds is 6. The molecular weight excluding hydrogens is 206 g/mol. The highest BCUT2D eigenvalue weighted by atomic mass is 16.5. The summed E-state index contributed by atoms with van der Waals surface area (Å²) in [5.41, 5.74) is 6.77. The van der Waals surface area contributed by atoms with Crippen LogP contribution in [0.3, 0.4) is 0 Å². The van der Waals surface area contributed by atoms with Crippen molar-refractivity contribution in [2.75, 3.05) is 27.4 Å². The monoisotopic (exact) mass is 223 g/mol. The second-order valence-corrected chi connectivity index (χ2v) is 3.25. The zero-order chi connectivity index (χ0) is 11.8. The molecule has 0 saturated carbocycles. The fraction of sp³-hybridized carbons (Fsp3) is 0.455. The van der Waals surface area contributed by atoms with E-state index >= 15 is 0 Å². The first-order chi connectivity index (χ1) is 7.76. The minimum atomic E-state index is 0.585. The highest BCUT2D eigenvalue weighted by molar-refractivity contribution is 5.82. The molecule has 0 fully saturated rings. The Balaban J connectivity index is 2.49. The van der Waals surface area contributed by atoms with Crippen LogP contribution in [0.4, 0.5) is 0 Å². The molecule has 0 aliphatic carbocycles. The molecule has 1 rings (SSSR count). The first-order valence-electron chi connectivity index (χ1n) is 5.03. The third-order valence-electron chi connectivity index (χ3n) is 2.00. The normalized spacial score (nSPS) is 11.5. The third kappa shape index (κ3) is 4.27. The van der Waals surface area contributed by atoms with Crippen molar-refractivity contribution in [1.29, 1.82) is 0 Å². The van der Waals surface area contributed by atoms with Gasteiger partial charge in [0.25, 0.3) is 0 Å². The second kappa shape index (κ2) is 6.79. The molecule has 0 aliphatic heterocycles. The van der Waals surface area contributed by atoms with E-state index in [9.17, 15) is 0 Å². The van der Waals surface area contributed by atoms with Crippen LogP contribution in [0, 0.1) is 0 Å². The molecule has 1 heterocycles. The Labute approximate surface area is 95.3 Å². The van der Waals surface area contributed by atoms with Gasteiger partial charge in [-0.05, 0) is 5.56 Å². The Morgan fingerprint density at radius 2 is 2.25 bits per heavy atom. The van der Waals surface area contributed by atoms with Gasteiger partial charge in [-0.3, -0.25) is 4.99 Å². The molecule has 0 atom stereocenters. The predicted molar refractivity (Wildman–Crippen MR) is 62.9 cm³/mol. The van der Waals surface area contributed by atoms with Crippen LogP contribution in [0.25, 0.3) is 0 Å². The van der Waals surface area contributed by atoms with Gasteiger partial charge in [-0.25, -0.2) is 4.98 Å². The van der Waals surface area contributed by atoms with E-state index in [4.69, 9.17) is 15.2 Å². The maximum absolute atomic E-state index is 5.75. The fourth-order valence-electron chi connectivity index (χ4n) is 1.18. The van der Waals surface area contributed by atoms with Gasteiger partial charge in [0.1, 0.15) is 0 Å². The van der Waals surface area contributed by atoms with E-state index in [1.54, 1.807) is 26.5 Å². The van der Waals surface area contributed by atoms with E-state index in [1.165, 1.54) is 0 Å². The first kappa shape index (κ1) is 12.4. The van der Waals surface area contributed by atoms with Gasteiger partial charge < -0.3 is 15.2 Å². The van der Waals surface area contributed by atoms with Gasteiger partial charge >= 0.3 is 0 Å². The van der Waals surface area contributed by atoms with E-state index in [2.05, 4.69) is 9.98 Å². The highest BCUT2D eigenvalue weighted by Crippen LogP contribution is 2.06.